The molecule has 1 N–H and O–H groups in total. The van der Waals surface area contributed by atoms with Crippen molar-refractivity contribution in [3.05, 3.63) is 23.6 Å². The van der Waals surface area contributed by atoms with Gasteiger partial charge in [-0.2, -0.15) is 0 Å². The van der Waals surface area contributed by atoms with Gasteiger partial charge in [0.2, 0.25) is 0 Å². The lowest BCUT2D eigenvalue weighted by Gasteiger charge is -2.21. The third-order valence-corrected chi connectivity index (χ3v) is 4.25. The number of aromatic carboxylic acids is 1. The Morgan fingerprint density at radius 2 is 2.25 bits per heavy atom. The molecule has 0 amide bonds. The minimum atomic E-state index is -1.16. The number of carbonyl (C=O) groups is 1. The largest absolute Gasteiger partial charge is 0.478 e. The zero-order chi connectivity index (χ0) is 14.3. The van der Waals surface area contributed by atoms with Gasteiger partial charge in [0.25, 0.3) is 0 Å². The normalized spacial score (nSPS) is 27.5. The zero-order valence-corrected chi connectivity index (χ0v) is 11.3. The highest BCUT2D eigenvalue weighted by molar-refractivity contribution is 5.87. The van der Waals surface area contributed by atoms with Crippen LogP contribution in [0.2, 0.25) is 0 Å². The predicted molar refractivity (Wildman–Crippen MR) is 70.3 cm³/mol. The summed E-state index contributed by atoms with van der Waals surface area (Å²) in [6, 6.07) is 1.03. The number of aromatic nitrogens is 1. The number of carboxylic acids is 1. The van der Waals surface area contributed by atoms with Crippen molar-refractivity contribution < 1.29 is 19.0 Å². The lowest BCUT2D eigenvalue weighted by atomic mass is 10.2. The first-order chi connectivity index (χ1) is 9.61. The molecule has 1 aliphatic carbocycles. The molecule has 5 nitrogen and oxygen atoms in total. The Balaban J connectivity index is 1.64. The Morgan fingerprint density at radius 3 is 2.80 bits per heavy atom. The van der Waals surface area contributed by atoms with E-state index in [1.807, 2.05) is 11.8 Å². The molecule has 0 bridgehead atoms. The number of fused-ring (bicyclic) bond motifs is 1. The van der Waals surface area contributed by atoms with Gasteiger partial charge in [-0.1, -0.05) is 0 Å². The summed E-state index contributed by atoms with van der Waals surface area (Å²) in [6.45, 7) is 5.05. The van der Waals surface area contributed by atoms with Gasteiger partial charge in [-0.3, -0.25) is 0 Å². The Labute approximate surface area is 116 Å². The van der Waals surface area contributed by atoms with Crippen LogP contribution in [0.15, 0.2) is 12.3 Å². The monoisotopic (exact) mass is 280 g/mol. The van der Waals surface area contributed by atoms with E-state index >= 15 is 0 Å². The van der Waals surface area contributed by atoms with Crippen molar-refractivity contribution in [1.29, 1.82) is 0 Å². The Morgan fingerprint density at radius 1 is 1.55 bits per heavy atom. The summed E-state index contributed by atoms with van der Waals surface area (Å²) in [5.41, 5.74) is -0.121. The fraction of sp³-hybridized carbons (Fsp3) is 0.571. The van der Waals surface area contributed by atoms with Crippen LogP contribution < -0.4 is 4.90 Å². The van der Waals surface area contributed by atoms with Crippen LogP contribution in [0, 0.1) is 23.6 Å². The fourth-order valence-electron chi connectivity index (χ4n) is 3.10. The third kappa shape index (κ3) is 2.24. The molecule has 0 aromatic carbocycles. The van der Waals surface area contributed by atoms with Gasteiger partial charge in [-0.05, 0) is 30.7 Å². The van der Waals surface area contributed by atoms with Crippen molar-refractivity contribution >= 4 is 11.8 Å². The van der Waals surface area contributed by atoms with Gasteiger partial charge in [-0.25, -0.2) is 14.2 Å². The molecule has 0 radical (unpaired) electrons. The number of piperidine rings is 1. The molecule has 1 aromatic heterocycles. The van der Waals surface area contributed by atoms with E-state index < -0.39 is 11.8 Å². The van der Waals surface area contributed by atoms with E-state index in [0.717, 1.165) is 32.4 Å². The summed E-state index contributed by atoms with van der Waals surface area (Å²) in [6.07, 6.45) is 1.21. The smallest absolute Gasteiger partial charge is 0.337 e. The van der Waals surface area contributed by atoms with Crippen LogP contribution in [-0.2, 0) is 4.74 Å². The van der Waals surface area contributed by atoms with Crippen molar-refractivity contribution in [2.45, 2.75) is 6.92 Å². The molecule has 108 valence electrons. The number of rotatable bonds is 5. The lowest BCUT2D eigenvalue weighted by Crippen LogP contribution is -2.27. The second kappa shape index (κ2) is 5.01. The molecule has 0 unspecified atom stereocenters. The first-order valence-corrected chi connectivity index (χ1v) is 6.83. The first kappa shape index (κ1) is 13.3. The van der Waals surface area contributed by atoms with Crippen LogP contribution >= 0.6 is 0 Å². The lowest BCUT2D eigenvalue weighted by molar-refractivity contribution is 0.0696. The number of hydrogen-bond acceptors (Lipinski definition) is 4. The molecule has 3 atom stereocenters. The van der Waals surface area contributed by atoms with E-state index in [4.69, 9.17) is 9.84 Å². The number of halogens is 1. The van der Waals surface area contributed by atoms with Gasteiger partial charge in [0.05, 0.1) is 12.2 Å². The molecule has 1 aromatic rings. The van der Waals surface area contributed by atoms with E-state index in [9.17, 15) is 9.18 Å². The molecular weight excluding hydrogens is 263 g/mol. The second-order valence-corrected chi connectivity index (χ2v) is 5.39. The van der Waals surface area contributed by atoms with Crippen molar-refractivity contribution in [3.8, 4) is 0 Å². The summed E-state index contributed by atoms with van der Waals surface area (Å²) < 4.78 is 19.3. The highest BCUT2D eigenvalue weighted by Gasteiger charge is 2.56. The predicted octanol–water partition coefficient (Wildman–Crippen LogP) is 1.64. The van der Waals surface area contributed by atoms with Crippen molar-refractivity contribution in [3.63, 3.8) is 0 Å². The molecular formula is C14H17FN2O3. The Hall–Kier alpha value is -1.69. The number of pyridine rings is 1. The highest BCUT2D eigenvalue weighted by Crippen LogP contribution is 2.52. The number of ether oxygens (including phenoxy) is 1. The average Bonchev–Trinajstić information content (AvgIpc) is 2.87. The Bertz CT molecular complexity index is 525. The van der Waals surface area contributed by atoms with Crippen LogP contribution in [0.3, 0.4) is 0 Å². The summed E-state index contributed by atoms with van der Waals surface area (Å²) in [4.78, 5) is 16.6. The SMILES string of the molecule is CCOC[C@@H]1[C@H]2CN(c3ncc(C(=O)O)cc3F)C[C@@H]12. The minimum Gasteiger partial charge on any atom is -0.478 e. The first-order valence-electron chi connectivity index (χ1n) is 6.83. The summed E-state index contributed by atoms with van der Waals surface area (Å²) >= 11 is 0. The Kier molecular flexibility index (Phi) is 3.33. The maximum atomic E-state index is 13.9. The highest BCUT2D eigenvalue weighted by atomic mass is 19.1. The van der Waals surface area contributed by atoms with Gasteiger partial charge in [0.1, 0.15) is 0 Å². The molecule has 2 heterocycles. The molecule has 1 saturated carbocycles. The molecule has 1 saturated heterocycles. The summed E-state index contributed by atoms with van der Waals surface area (Å²) in [7, 11) is 0. The van der Waals surface area contributed by atoms with Crippen molar-refractivity contribution in [2.24, 2.45) is 17.8 Å². The quantitative estimate of drug-likeness (QED) is 0.888. The molecule has 2 fully saturated rings. The van der Waals surface area contributed by atoms with Crippen LogP contribution in [0.1, 0.15) is 17.3 Å². The standard InChI is InChI=1S/C14H17FN2O3/c1-2-20-7-11-9-5-17(6-10(9)11)13-12(15)3-8(4-16-13)14(18)19/h3-4,9-11H,2,5-7H2,1H3,(H,18,19)/t9-,10+,11+. The van der Waals surface area contributed by atoms with Gasteiger partial charge < -0.3 is 14.7 Å². The topological polar surface area (TPSA) is 62.7 Å². The molecule has 20 heavy (non-hydrogen) atoms. The van der Waals surface area contributed by atoms with Crippen LogP contribution in [0.25, 0.3) is 0 Å². The van der Waals surface area contributed by atoms with Crippen LogP contribution in [-0.4, -0.2) is 42.4 Å². The van der Waals surface area contributed by atoms with Crippen LogP contribution in [0.5, 0.6) is 0 Å². The number of nitrogens with zero attached hydrogens (tertiary/aromatic N) is 2. The number of carboxylic acid groups (broad SMARTS) is 1. The molecule has 6 heteroatoms. The van der Waals surface area contributed by atoms with E-state index in [0.29, 0.717) is 17.8 Å². The van der Waals surface area contributed by atoms with Gasteiger partial charge in [0.15, 0.2) is 11.6 Å². The minimum absolute atomic E-state index is 0.121. The average molecular weight is 280 g/mol. The van der Waals surface area contributed by atoms with E-state index in [-0.39, 0.29) is 11.4 Å². The van der Waals surface area contributed by atoms with Crippen molar-refractivity contribution in [2.75, 3.05) is 31.2 Å². The maximum absolute atomic E-state index is 13.9. The van der Waals surface area contributed by atoms with Crippen LogP contribution in [0.4, 0.5) is 10.2 Å². The second-order valence-electron chi connectivity index (χ2n) is 5.39. The maximum Gasteiger partial charge on any atom is 0.337 e. The molecule has 1 aliphatic heterocycles. The summed E-state index contributed by atoms with van der Waals surface area (Å²) in [5.74, 6) is 0.241. The molecule has 0 spiro atoms. The molecule has 3 rings (SSSR count). The number of anilines is 1. The third-order valence-electron chi connectivity index (χ3n) is 4.25. The fourth-order valence-corrected chi connectivity index (χ4v) is 3.10. The van der Waals surface area contributed by atoms with Gasteiger partial charge in [-0.15, -0.1) is 0 Å². The van der Waals surface area contributed by atoms with Gasteiger partial charge in [0, 0.05) is 25.9 Å². The van der Waals surface area contributed by atoms with Crippen molar-refractivity contribution in [1.82, 2.24) is 4.98 Å². The number of hydrogen-bond donors (Lipinski definition) is 1. The molecule has 2 aliphatic rings. The van der Waals surface area contributed by atoms with E-state index in [1.54, 1.807) is 0 Å². The zero-order valence-electron chi connectivity index (χ0n) is 11.3. The van der Waals surface area contributed by atoms with E-state index in [1.165, 1.54) is 6.20 Å². The van der Waals surface area contributed by atoms with E-state index in [2.05, 4.69) is 4.98 Å². The van der Waals surface area contributed by atoms with Gasteiger partial charge >= 0.3 is 5.97 Å². The summed E-state index contributed by atoms with van der Waals surface area (Å²) in [5, 5.41) is 8.80.